The van der Waals surface area contributed by atoms with Crippen LogP contribution in [0.4, 0.5) is 5.69 Å². The summed E-state index contributed by atoms with van der Waals surface area (Å²) in [5.74, 6) is 0.429. The quantitative estimate of drug-likeness (QED) is 0.265. The molecule has 0 aliphatic heterocycles. The van der Waals surface area contributed by atoms with Gasteiger partial charge in [-0.2, -0.15) is 0 Å². The predicted octanol–water partition coefficient (Wildman–Crippen LogP) is 3.75. The van der Waals surface area contributed by atoms with E-state index in [0.29, 0.717) is 37.2 Å². The predicted molar refractivity (Wildman–Crippen MR) is 156 cm³/mol. The fraction of sp³-hybridized carbons (Fsp3) is 0.367. The van der Waals surface area contributed by atoms with Gasteiger partial charge in [-0.1, -0.05) is 55.5 Å². The van der Waals surface area contributed by atoms with Crippen LogP contribution in [-0.2, 0) is 23.0 Å². The lowest BCUT2D eigenvalue weighted by atomic mass is 10.00. The molecular weight excluding hydrogens is 514 g/mol. The van der Waals surface area contributed by atoms with Gasteiger partial charge < -0.3 is 20.5 Å². The third-order valence-electron chi connectivity index (χ3n) is 6.32. The Morgan fingerprint density at radius 3 is 2.41 bits per heavy atom. The Bertz CT molecular complexity index is 1300. The lowest BCUT2D eigenvalue weighted by Crippen LogP contribution is -2.48. The molecule has 0 unspecified atom stereocenters. The smallest absolute Gasteiger partial charge is 0.251 e. The van der Waals surface area contributed by atoms with Crippen LogP contribution in [0, 0.1) is 0 Å². The second-order valence-electron chi connectivity index (χ2n) is 9.38. The first-order valence-electron chi connectivity index (χ1n) is 13.3. The highest BCUT2D eigenvalue weighted by molar-refractivity contribution is 7.92. The highest BCUT2D eigenvalue weighted by Crippen LogP contribution is 2.19. The molecule has 0 aliphatic rings. The lowest BCUT2D eigenvalue weighted by molar-refractivity contribution is 0.0830. The molecule has 1 amide bonds. The molecule has 3 rings (SSSR count). The van der Waals surface area contributed by atoms with Gasteiger partial charge in [-0.05, 0) is 61.2 Å². The fourth-order valence-electron chi connectivity index (χ4n) is 4.22. The minimum absolute atomic E-state index is 0.0220. The van der Waals surface area contributed by atoms with Crippen molar-refractivity contribution in [3.63, 3.8) is 0 Å². The number of rotatable bonds is 15. The molecule has 0 aromatic heterocycles. The highest BCUT2D eigenvalue weighted by atomic mass is 32.2. The normalized spacial score (nSPS) is 12.9. The Labute approximate surface area is 232 Å². The number of nitrogens with zero attached hydrogens (tertiary/aromatic N) is 1. The van der Waals surface area contributed by atoms with Crippen molar-refractivity contribution in [2.75, 3.05) is 30.3 Å². The van der Waals surface area contributed by atoms with Gasteiger partial charge in [0.05, 0.1) is 30.2 Å². The largest absolute Gasteiger partial charge is 0.494 e. The van der Waals surface area contributed by atoms with E-state index >= 15 is 0 Å². The van der Waals surface area contributed by atoms with E-state index in [9.17, 15) is 18.3 Å². The SMILES string of the molecule is CCCS(=O)(=O)N(C)c1cccc(C(=O)N[C@@H](Cc2ccccc2)[C@H](O)CNCc2cccc(OCC)c2)c1. The average Bonchev–Trinajstić information content (AvgIpc) is 2.93. The van der Waals surface area contributed by atoms with Crippen LogP contribution in [0.1, 0.15) is 41.8 Å². The molecule has 3 aromatic rings. The van der Waals surface area contributed by atoms with Crippen LogP contribution < -0.4 is 19.7 Å². The van der Waals surface area contributed by atoms with E-state index in [1.54, 1.807) is 31.2 Å². The summed E-state index contributed by atoms with van der Waals surface area (Å²) >= 11 is 0. The number of nitrogens with one attached hydrogen (secondary N) is 2. The third-order valence-corrected chi connectivity index (χ3v) is 8.29. The van der Waals surface area contributed by atoms with E-state index in [0.717, 1.165) is 16.9 Å². The molecule has 3 aromatic carbocycles. The molecule has 2 atom stereocenters. The molecule has 0 saturated carbocycles. The van der Waals surface area contributed by atoms with E-state index in [1.807, 2.05) is 61.5 Å². The van der Waals surface area contributed by atoms with Gasteiger partial charge in [-0.25, -0.2) is 8.42 Å². The summed E-state index contributed by atoms with van der Waals surface area (Å²) in [4.78, 5) is 13.3. The summed E-state index contributed by atoms with van der Waals surface area (Å²) in [6.45, 7) is 5.12. The number of hydrogen-bond donors (Lipinski definition) is 3. The molecule has 9 heteroatoms. The summed E-state index contributed by atoms with van der Waals surface area (Å²) < 4.78 is 31.8. The van der Waals surface area contributed by atoms with Crippen LogP contribution in [0.5, 0.6) is 5.75 Å². The van der Waals surface area contributed by atoms with Crippen molar-refractivity contribution in [1.82, 2.24) is 10.6 Å². The van der Waals surface area contributed by atoms with Crippen molar-refractivity contribution in [2.45, 2.75) is 45.4 Å². The van der Waals surface area contributed by atoms with Crippen molar-refractivity contribution in [1.29, 1.82) is 0 Å². The number of carbonyl (C=O) groups is 1. The molecule has 3 N–H and O–H groups in total. The Kier molecular flexibility index (Phi) is 11.3. The molecule has 0 bridgehead atoms. The van der Waals surface area contributed by atoms with Crippen LogP contribution in [0.3, 0.4) is 0 Å². The minimum atomic E-state index is -3.48. The zero-order valence-electron chi connectivity index (χ0n) is 22.8. The van der Waals surface area contributed by atoms with Gasteiger partial charge in [0.2, 0.25) is 10.0 Å². The van der Waals surface area contributed by atoms with E-state index < -0.39 is 22.2 Å². The van der Waals surface area contributed by atoms with E-state index in [1.165, 1.54) is 11.4 Å². The summed E-state index contributed by atoms with van der Waals surface area (Å²) in [5, 5.41) is 17.3. The number of aliphatic hydroxyl groups is 1. The van der Waals surface area contributed by atoms with Crippen molar-refractivity contribution in [3.05, 3.63) is 95.6 Å². The van der Waals surface area contributed by atoms with Gasteiger partial charge >= 0.3 is 0 Å². The van der Waals surface area contributed by atoms with Crippen LogP contribution in [-0.4, -0.2) is 57.5 Å². The van der Waals surface area contributed by atoms with Gasteiger partial charge in [0.15, 0.2) is 0 Å². The first-order chi connectivity index (χ1) is 18.7. The standard InChI is InChI=1S/C30H39N3O5S/c1-4-17-39(36,37)33(3)26-15-10-14-25(20-26)30(35)32-28(19-23-11-7-6-8-12-23)29(34)22-31-21-24-13-9-16-27(18-24)38-5-2/h6-16,18,20,28-29,31,34H,4-5,17,19,21-22H2,1-3H3,(H,32,35)/t28-,29+/m0/s1. The molecule has 0 heterocycles. The van der Waals surface area contributed by atoms with E-state index in [-0.39, 0.29) is 18.2 Å². The maximum atomic E-state index is 13.3. The van der Waals surface area contributed by atoms with Crippen LogP contribution in [0.2, 0.25) is 0 Å². The van der Waals surface area contributed by atoms with Gasteiger partial charge in [0.25, 0.3) is 5.91 Å². The molecule has 0 saturated heterocycles. The number of benzene rings is 3. The van der Waals surface area contributed by atoms with Crippen molar-refractivity contribution < 1.29 is 23.1 Å². The summed E-state index contributed by atoms with van der Waals surface area (Å²) in [5.41, 5.74) is 2.73. The number of aliphatic hydroxyl groups excluding tert-OH is 1. The molecule has 210 valence electrons. The number of amides is 1. The summed E-state index contributed by atoms with van der Waals surface area (Å²) in [6.07, 6.45) is 0.0532. The molecule has 0 fully saturated rings. The van der Waals surface area contributed by atoms with Gasteiger partial charge in [0.1, 0.15) is 5.75 Å². The minimum Gasteiger partial charge on any atom is -0.494 e. The number of ether oxygens (including phenoxy) is 1. The molecule has 0 radical (unpaired) electrons. The summed E-state index contributed by atoms with van der Waals surface area (Å²) in [7, 11) is -1.99. The Morgan fingerprint density at radius 1 is 0.974 bits per heavy atom. The molecule has 39 heavy (non-hydrogen) atoms. The molecule has 0 aliphatic carbocycles. The maximum Gasteiger partial charge on any atom is 0.251 e. The van der Waals surface area contributed by atoms with Crippen LogP contribution in [0.15, 0.2) is 78.9 Å². The van der Waals surface area contributed by atoms with E-state index in [4.69, 9.17) is 4.74 Å². The second-order valence-corrected chi connectivity index (χ2v) is 11.5. The highest BCUT2D eigenvalue weighted by Gasteiger charge is 2.23. The number of sulfonamides is 1. The Hall–Kier alpha value is -3.40. The molecule has 8 nitrogen and oxygen atoms in total. The van der Waals surface area contributed by atoms with Gasteiger partial charge in [-0.3, -0.25) is 9.10 Å². The topological polar surface area (TPSA) is 108 Å². The number of hydrogen-bond acceptors (Lipinski definition) is 6. The van der Waals surface area contributed by atoms with Crippen LogP contribution in [0.25, 0.3) is 0 Å². The Morgan fingerprint density at radius 2 is 1.69 bits per heavy atom. The van der Waals surface area contributed by atoms with Gasteiger partial charge in [-0.15, -0.1) is 0 Å². The van der Waals surface area contributed by atoms with Crippen LogP contribution >= 0.6 is 0 Å². The maximum absolute atomic E-state index is 13.3. The molecular formula is C30H39N3O5S. The Balaban J connectivity index is 1.71. The second kappa shape index (κ2) is 14.7. The first-order valence-corrected chi connectivity index (χ1v) is 14.9. The lowest BCUT2D eigenvalue weighted by Gasteiger charge is -2.25. The first kappa shape index (κ1) is 30.1. The fourth-order valence-corrected chi connectivity index (χ4v) is 5.44. The van der Waals surface area contributed by atoms with Crippen molar-refractivity contribution >= 4 is 21.6 Å². The van der Waals surface area contributed by atoms with Crippen molar-refractivity contribution in [3.8, 4) is 5.75 Å². The monoisotopic (exact) mass is 553 g/mol. The third kappa shape index (κ3) is 9.09. The zero-order valence-corrected chi connectivity index (χ0v) is 23.7. The van der Waals surface area contributed by atoms with E-state index in [2.05, 4.69) is 10.6 Å². The van der Waals surface area contributed by atoms with Crippen molar-refractivity contribution in [2.24, 2.45) is 0 Å². The van der Waals surface area contributed by atoms with Gasteiger partial charge in [0, 0.05) is 25.7 Å². The number of carbonyl (C=O) groups excluding carboxylic acids is 1. The average molecular weight is 554 g/mol. The summed E-state index contributed by atoms with van der Waals surface area (Å²) in [6, 6.07) is 23.3. The zero-order chi connectivity index (χ0) is 28.3. The molecule has 0 spiro atoms. The number of anilines is 1.